The number of carbonyl (C=O) groups is 1. The van der Waals surface area contributed by atoms with Crippen molar-refractivity contribution < 1.29 is 14.5 Å². The lowest BCUT2D eigenvalue weighted by molar-refractivity contribution is -0.385. The van der Waals surface area contributed by atoms with E-state index in [1.807, 2.05) is 13.0 Å². The Hall–Kier alpha value is -1.56. The number of nitrogens with zero attached hydrogens (tertiary/aromatic N) is 1. The maximum atomic E-state index is 11.1. The van der Waals surface area contributed by atoms with Crippen molar-refractivity contribution in [3.05, 3.63) is 33.9 Å². The number of carbonyl (C=O) groups excluding carboxylic acids is 1. The highest BCUT2D eigenvalue weighted by atomic mass is 32.2. The van der Waals surface area contributed by atoms with Crippen LogP contribution in [-0.2, 0) is 9.53 Å². The number of nitro groups is 1. The Balaban J connectivity index is 2.82. The monoisotopic (exact) mass is 269 g/mol. The largest absolute Gasteiger partial charge is 0.469 e. The van der Waals surface area contributed by atoms with Crippen LogP contribution in [0.5, 0.6) is 0 Å². The second kappa shape index (κ2) is 6.39. The van der Waals surface area contributed by atoms with Gasteiger partial charge in [0.05, 0.1) is 18.5 Å². The Bertz CT molecular complexity index is 461. The molecule has 0 bridgehead atoms. The Morgan fingerprint density at radius 3 is 2.78 bits per heavy atom. The molecule has 1 aromatic carbocycles. The van der Waals surface area contributed by atoms with E-state index in [1.54, 1.807) is 13.0 Å². The van der Waals surface area contributed by atoms with E-state index in [0.717, 1.165) is 4.90 Å². The Labute approximate surface area is 110 Å². The third kappa shape index (κ3) is 3.73. The first-order valence-electron chi connectivity index (χ1n) is 5.43. The number of hydrogen-bond acceptors (Lipinski definition) is 5. The van der Waals surface area contributed by atoms with Gasteiger partial charge in [0.25, 0.3) is 5.69 Å². The van der Waals surface area contributed by atoms with Gasteiger partial charge in [0, 0.05) is 21.8 Å². The fourth-order valence-electron chi connectivity index (χ4n) is 1.50. The van der Waals surface area contributed by atoms with Crippen molar-refractivity contribution in [2.24, 2.45) is 0 Å². The number of methoxy groups -OCH3 is 1. The summed E-state index contributed by atoms with van der Waals surface area (Å²) in [5.74, 6) is -0.280. The van der Waals surface area contributed by atoms with Crippen LogP contribution in [0.25, 0.3) is 0 Å². The van der Waals surface area contributed by atoms with E-state index in [0.29, 0.717) is 5.56 Å². The Morgan fingerprint density at radius 2 is 2.22 bits per heavy atom. The molecule has 1 atom stereocenters. The van der Waals surface area contributed by atoms with Crippen LogP contribution in [0.3, 0.4) is 0 Å². The molecule has 6 heteroatoms. The molecule has 0 amide bonds. The van der Waals surface area contributed by atoms with Crippen molar-refractivity contribution in [2.75, 3.05) is 7.11 Å². The molecule has 0 aliphatic heterocycles. The molecule has 1 aromatic rings. The second-order valence-corrected chi connectivity index (χ2v) is 5.35. The van der Waals surface area contributed by atoms with Gasteiger partial charge in [-0.25, -0.2) is 0 Å². The highest BCUT2D eigenvalue weighted by Gasteiger charge is 2.17. The highest BCUT2D eigenvalue weighted by Crippen LogP contribution is 2.32. The van der Waals surface area contributed by atoms with Gasteiger partial charge >= 0.3 is 5.97 Å². The first-order chi connectivity index (χ1) is 8.45. The van der Waals surface area contributed by atoms with Crippen LogP contribution in [0.2, 0.25) is 0 Å². The normalized spacial score (nSPS) is 11.9. The molecule has 0 aromatic heterocycles. The molecule has 0 aliphatic rings. The number of thioether (sulfide) groups is 1. The lowest BCUT2D eigenvalue weighted by Crippen LogP contribution is -2.08. The molecule has 0 saturated carbocycles. The van der Waals surface area contributed by atoms with Crippen molar-refractivity contribution in [3.63, 3.8) is 0 Å². The first kappa shape index (κ1) is 14.5. The van der Waals surface area contributed by atoms with Gasteiger partial charge in [-0.2, -0.15) is 0 Å². The molecule has 18 heavy (non-hydrogen) atoms. The molecule has 0 heterocycles. The molecule has 0 N–H and O–H groups in total. The van der Waals surface area contributed by atoms with Crippen LogP contribution in [0.15, 0.2) is 23.1 Å². The average Bonchev–Trinajstić information content (AvgIpc) is 2.31. The molecule has 0 saturated heterocycles. The predicted octanol–water partition coefficient (Wildman–Crippen LogP) is 2.95. The van der Waals surface area contributed by atoms with Crippen molar-refractivity contribution in [1.29, 1.82) is 0 Å². The van der Waals surface area contributed by atoms with Crippen molar-refractivity contribution in [2.45, 2.75) is 30.4 Å². The summed E-state index contributed by atoms with van der Waals surface area (Å²) in [6, 6.07) is 4.95. The molecular formula is C12H15NO4S. The van der Waals surface area contributed by atoms with E-state index >= 15 is 0 Å². The van der Waals surface area contributed by atoms with Gasteiger partial charge in [0.1, 0.15) is 0 Å². The summed E-state index contributed by atoms with van der Waals surface area (Å²) in [4.78, 5) is 22.4. The summed E-state index contributed by atoms with van der Waals surface area (Å²) in [6.45, 7) is 3.60. The minimum absolute atomic E-state index is 0.0122. The molecule has 5 nitrogen and oxygen atoms in total. The summed E-state index contributed by atoms with van der Waals surface area (Å²) in [5, 5.41) is 10.8. The van der Waals surface area contributed by atoms with Gasteiger partial charge in [-0.15, -0.1) is 11.8 Å². The minimum atomic E-state index is -0.398. The minimum Gasteiger partial charge on any atom is -0.469 e. The molecule has 0 fully saturated rings. The number of nitro benzene ring substituents is 1. The van der Waals surface area contributed by atoms with Gasteiger partial charge in [-0.05, 0) is 13.0 Å². The van der Waals surface area contributed by atoms with Gasteiger partial charge in [0.2, 0.25) is 0 Å². The van der Waals surface area contributed by atoms with E-state index in [4.69, 9.17) is 0 Å². The zero-order valence-electron chi connectivity index (χ0n) is 10.5. The molecule has 1 rings (SSSR count). The fraction of sp³-hybridized carbons (Fsp3) is 0.417. The van der Waals surface area contributed by atoms with Crippen LogP contribution >= 0.6 is 11.8 Å². The Morgan fingerprint density at radius 1 is 1.56 bits per heavy atom. The molecular weight excluding hydrogens is 254 g/mol. The zero-order chi connectivity index (χ0) is 13.7. The lowest BCUT2D eigenvalue weighted by Gasteiger charge is -2.11. The SMILES string of the molecule is COC(=O)CC(C)Sc1cccc([N+](=O)[O-])c1C. The summed E-state index contributed by atoms with van der Waals surface area (Å²) in [7, 11) is 1.35. The average molecular weight is 269 g/mol. The van der Waals surface area contributed by atoms with Crippen molar-refractivity contribution in [3.8, 4) is 0 Å². The maximum Gasteiger partial charge on any atom is 0.306 e. The number of esters is 1. The van der Waals surface area contributed by atoms with Gasteiger partial charge < -0.3 is 4.74 Å². The van der Waals surface area contributed by atoms with Crippen LogP contribution in [0.1, 0.15) is 18.9 Å². The summed E-state index contributed by atoms with van der Waals surface area (Å²) < 4.78 is 4.59. The van der Waals surface area contributed by atoms with Crippen LogP contribution in [0, 0.1) is 17.0 Å². The molecule has 0 aliphatic carbocycles. The second-order valence-electron chi connectivity index (χ2n) is 3.87. The van der Waals surface area contributed by atoms with E-state index in [9.17, 15) is 14.9 Å². The van der Waals surface area contributed by atoms with Crippen molar-refractivity contribution in [1.82, 2.24) is 0 Å². The predicted molar refractivity (Wildman–Crippen MR) is 69.8 cm³/mol. The van der Waals surface area contributed by atoms with E-state index in [2.05, 4.69) is 4.74 Å². The number of benzene rings is 1. The molecule has 0 radical (unpaired) electrons. The summed E-state index contributed by atoms with van der Waals surface area (Å²) in [6.07, 6.45) is 0.281. The first-order valence-corrected chi connectivity index (χ1v) is 6.31. The molecule has 1 unspecified atom stereocenters. The number of hydrogen-bond donors (Lipinski definition) is 0. The van der Waals surface area contributed by atoms with E-state index < -0.39 is 4.92 Å². The van der Waals surface area contributed by atoms with Crippen molar-refractivity contribution >= 4 is 23.4 Å². The number of ether oxygens (including phenoxy) is 1. The smallest absolute Gasteiger partial charge is 0.306 e. The quantitative estimate of drug-likeness (QED) is 0.356. The standard InChI is InChI=1S/C12H15NO4S/c1-8(7-12(14)17-3)18-11-6-4-5-10(9(11)2)13(15)16/h4-6,8H,7H2,1-3H3. The fourth-order valence-corrected chi connectivity index (χ4v) is 2.60. The topological polar surface area (TPSA) is 69.4 Å². The third-order valence-corrected chi connectivity index (χ3v) is 3.73. The van der Waals surface area contributed by atoms with Gasteiger partial charge in [-0.3, -0.25) is 14.9 Å². The highest BCUT2D eigenvalue weighted by molar-refractivity contribution is 8.00. The molecule has 0 spiro atoms. The van der Waals surface area contributed by atoms with Crippen LogP contribution in [0.4, 0.5) is 5.69 Å². The van der Waals surface area contributed by atoms with Crippen LogP contribution in [-0.4, -0.2) is 23.3 Å². The molecule has 98 valence electrons. The van der Waals surface area contributed by atoms with E-state index in [1.165, 1.54) is 24.9 Å². The lowest BCUT2D eigenvalue weighted by atomic mass is 10.2. The summed E-state index contributed by atoms with van der Waals surface area (Å²) in [5.41, 5.74) is 0.731. The van der Waals surface area contributed by atoms with Gasteiger partial charge in [0.15, 0.2) is 0 Å². The zero-order valence-corrected chi connectivity index (χ0v) is 11.3. The number of rotatable bonds is 5. The summed E-state index contributed by atoms with van der Waals surface area (Å²) >= 11 is 1.44. The maximum absolute atomic E-state index is 11.1. The Kier molecular flexibility index (Phi) is 5.15. The van der Waals surface area contributed by atoms with Crippen LogP contribution < -0.4 is 0 Å². The third-order valence-electron chi connectivity index (χ3n) is 2.46. The van der Waals surface area contributed by atoms with E-state index in [-0.39, 0.29) is 23.3 Å². The van der Waals surface area contributed by atoms with Gasteiger partial charge in [-0.1, -0.05) is 13.0 Å².